The van der Waals surface area contributed by atoms with Gasteiger partial charge in [-0.05, 0) is 30.3 Å². The fraction of sp³-hybridized carbons (Fsp3) is 0.273. The number of nitrogens with zero attached hydrogens (tertiary/aromatic N) is 2. The first kappa shape index (κ1) is 21.0. The second kappa shape index (κ2) is 8.77. The van der Waals surface area contributed by atoms with Crippen LogP contribution in [0.2, 0.25) is 0 Å². The molecule has 0 saturated carbocycles. The van der Waals surface area contributed by atoms with E-state index in [4.69, 9.17) is 14.0 Å². The average molecular weight is 409 g/mol. The van der Waals surface area contributed by atoms with E-state index >= 15 is 0 Å². The summed E-state index contributed by atoms with van der Waals surface area (Å²) in [6, 6.07) is 13.8. The first-order chi connectivity index (χ1) is 14.3. The van der Waals surface area contributed by atoms with Gasteiger partial charge in [-0.1, -0.05) is 44.1 Å². The number of esters is 1. The van der Waals surface area contributed by atoms with Crippen LogP contribution in [0.15, 0.2) is 53.1 Å². The summed E-state index contributed by atoms with van der Waals surface area (Å²) in [4.78, 5) is 28.8. The van der Waals surface area contributed by atoms with Crippen LogP contribution in [-0.2, 0) is 16.1 Å². The van der Waals surface area contributed by atoms with Crippen molar-refractivity contribution in [2.45, 2.75) is 27.4 Å². The van der Waals surface area contributed by atoms with E-state index in [1.807, 2.05) is 32.9 Å². The lowest BCUT2D eigenvalue weighted by Gasteiger charge is -2.17. The molecule has 1 heterocycles. The third-order valence-corrected chi connectivity index (χ3v) is 4.18. The van der Waals surface area contributed by atoms with E-state index in [1.165, 1.54) is 0 Å². The molecule has 0 unspecified atom stereocenters. The molecule has 156 valence electrons. The van der Waals surface area contributed by atoms with E-state index in [2.05, 4.69) is 15.5 Å². The lowest BCUT2D eigenvalue weighted by atomic mass is 9.95. The number of ether oxygens (including phenoxy) is 2. The molecule has 3 rings (SSSR count). The Bertz CT molecular complexity index is 1050. The molecule has 0 aliphatic heterocycles. The Labute approximate surface area is 174 Å². The average Bonchev–Trinajstić information content (AvgIpc) is 3.20. The number of hydrogen-bond acceptors (Lipinski definition) is 7. The standard InChI is InChI=1S/C22H23N3O5/c1-22(2,3)21(27)23-15-9-7-8-14(12-15)20(26)29-13-18-24-19(25-30-18)16-10-5-6-11-17(16)28-4/h5-12H,13H2,1-4H3,(H,23,27). The number of carbonyl (C=O) groups is 2. The molecule has 0 atom stereocenters. The van der Waals surface area contributed by atoms with E-state index in [-0.39, 0.29) is 18.4 Å². The Hall–Kier alpha value is -3.68. The van der Waals surface area contributed by atoms with Crippen molar-refractivity contribution in [3.8, 4) is 17.1 Å². The van der Waals surface area contributed by atoms with Crippen LogP contribution in [-0.4, -0.2) is 29.1 Å². The minimum absolute atomic E-state index is 0.150. The summed E-state index contributed by atoms with van der Waals surface area (Å²) >= 11 is 0. The highest BCUT2D eigenvalue weighted by Crippen LogP contribution is 2.27. The van der Waals surface area contributed by atoms with Crippen molar-refractivity contribution in [1.29, 1.82) is 0 Å². The summed E-state index contributed by atoms with van der Waals surface area (Å²) in [5.74, 6) is 0.379. The molecule has 8 nitrogen and oxygen atoms in total. The first-order valence-corrected chi connectivity index (χ1v) is 9.32. The Kier molecular flexibility index (Phi) is 6.15. The molecule has 8 heteroatoms. The second-order valence-corrected chi connectivity index (χ2v) is 7.57. The van der Waals surface area contributed by atoms with Gasteiger partial charge in [0.2, 0.25) is 11.7 Å². The van der Waals surface area contributed by atoms with E-state index in [0.717, 1.165) is 0 Å². The van der Waals surface area contributed by atoms with Crippen molar-refractivity contribution in [2.75, 3.05) is 12.4 Å². The smallest absolute Gasteiger partial charge is 0.338 e. The van der Waals surface area contributed by atoms with Gasteiger partial charge >= 0.3 is 5.97 Å². The van der Waals surface area contributed by atoms with Crippen molar-refractivity contribution in [3.05, 3.63) is 60.0 Å². The number of carbonyl (C=O) groups excluding carboxylic acids is 2. The largest absolute Gasteiger partial charge is 0.496 e. The Morgan fingerprint density at radius 1 is 1.10 bits per heavy atom. The number of amides is 1. The summed E-state index contributed by atoms with van der Waals surface area (Å²) < 4.78 is 15.7. The van der Waals surface area contributed by atoms with Gasteiger partial charge in [0.05, 0.1) is 18.2 Å². The van der Waals surface area contributed by atoms with Crippen LogP contribution < -0.4 is 10.1 Å². The number of rotatable bonds is 6. The number of hydrogen-bond donors (Lipinski definition) is 1. The maximum atomic E-state index is 12.4. The normalized spacial score (nSPS) is 11.1. The molecule has 1 amide bonds. The monoisotopic (exact) mass is 409 g/mol. The van der Waals surface area contributed by atoms with Crippen molar-refractivity contribution in [1.82, 2.24) is 10.1 Å². The quantitative estimate of drug-likeness (QED) is 0.612. The Morgan fingerprint density at radius 2 is 1.87 bits per heavy atom. The third kappa shape index (κ3) is 5.02. The zero-order chi connectivity index (χ0) is 21.7. The predicted molar refractivity (Wildman–Crippen MR) is 110 cm³/mol. The van der Waals surface area contributed by atoms with Crippen LogP contribution in [0.4, 0.5) is 5.69 Å². The number of benzene rings is 2. The van der Waals surface area contributed by atoms with Gasteiger partial charge in [-0.15, -0.1) is 0 Å². The van der Waals surface area contributed by atoms with Crippen LogP contribution >= 0.6 is 0 Å². The maximum absolute atomic E-state index is 12.4. The molecule has 30 heavy (non-hydrogen) atoms. The summed E-state index contributed by atoms with van der Waals surface area (Å²) in [7, 11) is 1.56. The fourth-order valence-corrected chi connectivity index (χ4v) is 2.51. The van der Waals surface area contributed by atoms with Gasteiger partial charge in [0.25, 0.3) is 5.89 Å². The summed E-state index contributed by atoms with van der Waals surface area (Å²) in [6.07, 6.45) is 0. The Balaban J connectivity index is 1.65. The molecule has 0 radical (unpaired) electrons. The highest BCUT2D eigenvalue weighted by molar-refractivity contribution is 5.96. The minimum atomic E-state index is -0.570. The lowest BCUT2D eigenvalue weighted by Crippen LogP contribution is -2.27. The highest BCUT2D eigenvalue weighted by atomic mass is 16.6. The number of para-hydroxylation sites is 1. The number of nitrogens with one attached hydrogen (secondary N) is 1. The van der Waals surface area contributed by atoms with Gasteiger partial charge in [0, 0.05) is 11.1 Å². The van der Waals surface area contributed by atoms with E-state index < -0.39 is 11.4 Å². The van der Waals surface area contributed by atoms with Gasteiger partial charge in [0.1, 0.15) is 5.75 Å². The van der Waals surface area contributed by atoms with Gasteiger partial charge in [-0.25, -0.2) is 4.79 Å². The number of methoxy groups -OCH3 is 1. The molecule has 0 spiro atoms. The molecule has 1 N–H and O–H groups in total. The van der Waals surface area contributed by atoms with Crippen molar-refractivity contribution in [3.63, 3.8) is 0 Å². The topological polar surface area (TPSA) is 104 Å². The van der Waals surface area contributed by atoms with Crippen LogP contribution in [0.3, 0.4) is 0 Å². The fourth-order valence-electron chi connectivity index (χ4n) is 2.51. The molecule has 0 fully saturated rings. The van der Waals surface area contributed by atoms with E-state index in [0.29, 0.717) is 28.4 Å². The minimum Gasteiger partial charge on any atom is -0.496 e. The summed E-state index contributed by atoms with van der Waals surface area (Å²) in [6.45, 7) is 5.25. The zero-order valence-electron chi connectivity index (χ0n) is 17.3. The van der Waals surface area contributed by atoms with Crippen molar-refractivity contribution in [2.24, 2.45) is 5.41 Å². The SMILES string of the molecule is COc1ccccc1-c1noc(COC(=O)c2cccc(NC(=O)C(C)(C)C)c2)n1. The number of anilines is 1. The van der Waals surface area contributed by atoms with Crippen molar-refractivity contribution >= 4 is 17.6 Å². The number of aromatic nitrogens is 2. The van der Waals surface area contributed by atoms with Crippen LogP contribution in [0, 0.1) is 5.41 Å². The lowest BCUT2D eigenvalue weighted by molar-refractivity contribution is -0.123. The zero-order valence-corrected chi connectivity index (χ0v) is 17.3. The van der Waals surface area contributed by atoms with Crippen LogP contribution in [0.1, 0.15) is 37.0 Å². The van der Waals surface area contributed by atoms with Gasteiger partial charge in [-0.3, -0.25) is 4.79 Å². The Morgan fingerprint density at radius 3 is 2.60 bits per heavy atom. The van der Waals surface area contributed by atoms with Gasteiger partial charge < -0.3 is 19.3 Å². The van der Waals surface area contributed by atoms with Gasteiger partial charge in [0.15, 0.2) is 6.61 Å². The second-order valence-electron chi connectivity index (χ2n) is 7.57. The molecule has 0 aliphatic carbocycles. The first-order valence-electron chi connectivity index (χ1n) is 9.32. The molecule has 0 bridgehead atoms. The predicted octanol–water partition coefficient (Wildman–Crippen LogP) is 4.09. The molecule has 2 aromatic carbocycles. The molecule has 1 aromatic heterocycles. The van der Waals surface area contributed by atoms with Gasteiger partial charge in [-0.2, -0.15) is 4.98 Å². The summed E-state index contributed by atoms with van der Waals surface area (Å²) in [5.41, 5.74) is 0.934. The third-order valence-electron chi connectivity index (χ3n) is 4.18. The maximum Gasteiger partial charge on any atom is 0.338 e. The van der Waals surface area contributed by atoms with E-state index in [1.54, 1.807) is 43.5 Å². The molecule has 0 aliphatic rings. The molecular weight excluding hydrogens is 386 g/mol. The molecule has 3 aromatic rings. The molecular formula is C22H23N3O5. The van der Waals surface area contributed by atoms with Crippen molar-refractivity contribution < 1.29 is 23.6 Å². The highest BCUT2D eigenvalue weighted by Gasteiger charge is 2.21. The van der Waals surface area contributed by atoms with E-state index in [9.17, 15) is 9.59 Å². The van der Waals surface area contributed by atoms with Crippen LogP contribution in [0.5, 0.6) is 5.75 Å². The molecule has 0 saturated heterocycles. The van der Waals surface area contributed by atoms with Crippen LogP contribution in [0.25, 0.3) is 11.4 Å². The summed E-state index contributed by atoms with van der Waals surface area (Å²) in [5, 5.41) is 6.69.